The Morgan fingerprint density at radius 3 is 3.00 bits per heavy atom. The van der Waals surface area contributed by atoms with Crippen LogP contribution in [-0.4, -0.2) is 15.0 Å². The number of benzene rings is 1. The lowest BCUT2D eigenvalue weighted by Crippen LogP contribution is -2.01. The molecule has 3 rings (SSSR count). The van der Waals surface area contributed by atoms with Crippen molar-refractivity contribution in [2.24, 2.45) is 5.92 Å². The fourth-order valence-corrected chi connectivity index (χ4v) is 1.86. The molecule has 0 aliphatic heterocycles. The van der Waals surface area contributed by atoms with Crippen LogP contribution in [0.2, 0.25) is 0 Å². The highest BCUT2D eigenvalue weighted by Gasteiger charge is 2.23. The Hall–Kier alpha value is -1.58. The third-order valence-corrected chi connectivity index (χ3v) is 3.11. The second-order valence-corrected chi connectivity index (χ2v) is 4.36. The van der Waals surface area contributed by atoms with Crippen molar-refractivity contribution in [2.45, 2.75) is 26.3 Å². The molecule has 1 aliphatic rings. The van der Waals surface area contributed by atoms with E-state index in [1.54, 1.807) is 0 Å². The van der Waals surface area contributed by atoms with Crippen molar-refractivity contribution in [1.29, 1.82) is 0 Å². The average Bonchev–Trinajstić information content (AvgIpc) is 2.93. The van der Waals surface area contributed by atoms with Gasteiger partial charge in [-0.1, -0.05) is 5.21 Å². The summed E-state index contributed by atoms with van der Waals surface area (Å²) in [6.07, 6.45) is 2.66. The first-order valence-corrected chi connectivity index (χ1v) is 5.34. The first-order chi connectivity index (χ1) is 7.25. The Morgan fingerprint density at radius 1 is 1.47 bits per heavy atom. The van der Waals surface area contributed by atoms with Crippen molar-refractivity contribution in [3.8, 4) is 0 Å². The lowest BCUT2D eigenvalue weighted by molar-refractivity contribution is 0.559. The van der Waals surface area contributed by atoms with Crippen molar-refractivity contribution in [1.82, 2.24) is 15.0 Å². The predicted octanol–water partition coefficient (Wildman–Crippen LogP) is 1.73. The van der Waals surface area contributed by atoms with Gasteiger partial charge in [0.2, 0.25) is 0 Å². The lowest BCUT2D eigenvalue weighted by Gasteiger charge is -2.02. The van der Waals surface area contributed by atoms with Crippen LogP contribution in [0.1, 0.15) is 18.4 Å². The highest BCUT2D eigenvalue weighted by Crippen LogP contribution is 2.31. The minimum Gasteiger partial charge on any atom is -0.398 e. The van der Waals surface area contributed by atoms with E-state index in [4.69, 9.17) is 5.73 Å². The van der Waals surface area contributed by atoms with Crippen LogP contribution in [0.3, 0.4) is 0 Å². The number of hydrogen-bond acceptors (Lipinski definition) is 3. The average molecular weight is 202 g/mol. The minimum absolute atomic E-state index is 0.793. The van der Waals surface area contributed by atoms with Gasteiger partial charge in [-0.25, -0.2) is 4.68 Å². The van der Waals surface area contributed by atoms with Gasteiger partial charge in [0, 0.05) is 17.8 Å². The van der Waals surface area contributed by atoms with E-state index in [0.29, 0.717) is 0 Å². The van der Waals surface area contributed by atoms with Crippen LogP contribution >= 0.6 is 0 Å². The van der Waals surface area contributed by atoms with Gasteiger partial charge in [-0.15, -0.1) is 5.10 Å². The number of nitrogen functional groups attached to an aromatic ring is 1. The largest absolute Gasteiger partial charge is 0.398 e. The van der Waals surface area contributed by atoms with Crippen molar-refractivity contribution in [3.63, 3.8) is 0 Å². The Kier molecular flexibility index (Phi) is 1.71. The van der Waals surface area contributed by atoms with Crippen LogP contribution in [0.25, 0.3) is 11.0 Å². The molecule has 78 valence electrons. The van der Waals surface area contributed by atoms with E-state index in [0.717, 1.165) is 34.7 Å². The molecule has 2 N–H and O–H groups in total. The molecule has 0 saturated heterocycles. The molecule has 1 aromatic carbocycles. The summed E-state index contributed by atoms with van der Waals surface area (Å²) < 4.78 is 2.00. The molecule has 0 unspecified atom stereocenters. The molecule has 1 heterocycles. The van der Waals surface area contributed by atoms with E-state index in [1.807, 2.05) is 23.7 Å². The molecule has 15 heavy (non-hydrogen) atoms. The third-order valence-electron chi connectivity index (χ3n) is 3.11. The standard InChI is InChI=1S/C11H14N4/c1-7-9(12)4-5-10-11(7)13-14-15(10)6-8-2-3-8/h4-5,8H,2-3,6,12H2,1H3. The predicted molar refractivity (Wildman–Crippen MR) is 59.4 cm³/mol. The summed E-state index contributed by atoms with van der Waals surface area (Å²) in [5, 5.41) is 8.38. The second kappa shape index (κ2) is 2.95. The summed E-state index contributed by atoms with van der Waals surface area (Å²) in [5.41, 5.74) is 9.71. The quantitative estimate of drug-likeness (QED) is 0.754. The van der Waals surface area contributed by atoms with E-state index in [-0.39, 0.29) is 0 Å². The van der Waals surface area contributed by atoms with Gasteiger partial charge in [-0.05, 0) is 37.8 Å². The van der Waals surface area contributed by atoms with Gasteiger partial charge in [0.15, 0.2) is 0 Å². The van der Waals surface area contributed by atoms with Crippen molar-refractivity contribution in [2.75, 3.05) is 5.73 Å². The molecule has 0 radical (unpaired) electrons. The number of aromatic nitrogens is 3. The van der Waals surface area contributed by atoms with E-state index in [1.165, 1.54) is 12.8 Å². The molecule has 0 amide bonds. The molecule has 1 fully saturated rings. The maximum Gasteiger partial charge on any atom is 0.118 e. The van der Waals surface area contributed by atoms with Gasteiger partial charge in [0.1, 0.15) is 5.52 Å². The fourth-order valence-electron chi connectivity index (χ4n) is 1.86. The SMILES string of the molecule is Cc1c(N)ccc2c1nnn2CC1CC1. The van der Waals surface area contributed by atoms with Gasteiger partial charge in [0.25, 0.3) is 0 Å². The number of fused-ring (bicyclic) bond motifs is 1. The number of rotatable bonds is 2. The van der Waals surface area contributed by atoms with Gasteiger partial charge >= 0.3 is 0 Å². The molecule has 0 atom stereocenters. The van der Waals surface area contributed by atoms with Crippen molar-refractivity contribution < 1.29 is 0 Å². The molecule has 0 bridgehead atoms. The summed E-state index contributed by atoms with van der Waals surface area (Å²) >= 11 is 0. The Labute approximate surface area is 88.1 Å². The van der Waals surface area contributed by atoms with Gasteiger partial charge in [-0.2, -0.15) is 0 Å². The number of aryl methyl sites for hydroxylation is 1. The zero-order valence-electron chi connectivity index (χ0n) is 8.77. The van der Waals surface area contributed by atoms with Gasteiger partial charge < -0.3 is 5.73 Å². The zero-order valence-corrected chi connectivity index (χ0v) is 8.77. The Morgan fingerprint density at radius 2 is 2.27 bits per heavy atom. The maximum atomic E-state index is 5.83. The van der Waals surface area contributed by atoms with E-state index in [9.17, 15) is 0 Å². The third kappa shape index (κ3) is 1.37. The molecule has 4 heteroatoms. The summed E-state index contributed by atoms with van der Waals surface area (Å²) in [4.78, 5) is 0. The summed E-state index contributed by atoms with van der Waals surface area (Å²) in [5.74, 6) is 0.813. The van der Waals surface area contributed by atoms with Gasteiger partial charge in [-0.3, -0.25) is 0 Å². The van der Waals surface area contributed by atoms with Crippen LogP contribution in [0.5, 0.6) is 0 Å². The Balaban J connectivity index is 2.12. The van der Waals surface area contributed by atoms with Crippen LogP contribution in [0, 0.1) is 12.8 Å². The molecule has 1 aliphatic carbocycles. The summed E-state index contributed by atoms with van der Waals surface area (Å²) in [6.45, 7) is 2.99. The van der Waals surface area contributed by atoms with E-state index >= 15 is 0 Å². The number of nitrogens with zero attached hydrogens (tertiary/aromatic N) is 3. The fraction of sp³-hybridized carbons (Fsp3) is 0.455. The number of hydrogen-bond donors (Lipinski definition) is 1. The monoisotopic (exact) mass is 202 g/mol. The molecule has 4 nitrogen and oxygen atoms in total. The second-order valence-electron chi connectivity index (χ2n) is 4.36. The molecule has 1 saturated carbocycles. The van der Waals surface area contributed by atoms with Gasteiger partial charge in [0.05, 0.1) is 5.52 Å². The lowest BCUT2D eigenvalue weighted by atomic mass is 10.1. The molecule has 1 aromatic heterocycles. The van der Waals surface area contributed by atoms with Crippen molar-refractivity contribution in [3.05, 3.63) is 17.7 Å². The van der Waals surface area contributed by atoms with Crippen LogP contribution in [0.4, 0.5) is 5.69 Å². The molecule has 2 aromatic rings. The molecular weight excluding hydrogens is 188 g/mol. The smallest absolute Gasteiger partial charge is 0.118 e. The number of anilines is 1. The van der Waals surface area contributed by atoms with E-state index < -0.39 is 0 Å². The van der Waals surface area contributed by atoms with Crippen molar-refractivity contribution >= 4 is 16.7 Å². The maximum absolute atomic E-state index is 5.83. The molecular formula is C11H14N4. The summed E-state index contributed by atoms with van der Waals surface area (Å²) in [7, 11) is 0. The van der Waals surface area contributed by atoms with Crippen LogP contribution < -0.4 is 5.73 Å². The summed E-state index contributed by atoms with van der Waals surface area (Å²) in [6, 6.07) is 3.95. The first-order valence-electron chi connectivity index (χ1n) is 5.34. The minimum atomic E-state index is 0.793. The van der Waals surface area contributed by atoms with E-state index in [2.05, 4.69) is 10.3 Å². The van der Waals surface area contributed by atoms with Crippen LogP contribution in [0.15, 0.2) is 12.1 Å². The highest BCUT2D eigenvalue weighted by atomic mass is 15.4. The number of nitrogens with two attached hydrogens (primary N) is 1. The first kappa shape index (κ1) is 8.71. The molecule has 0 spiro atoms. The topological polar surface area (TPSA) is 56.7 Å². The Bertz CT molecular complexity index is 511. The highest BCUT2D eigenvalue weighted by molar-refractivity contribution is 5.82. The zero-order chi connectivity index (χ0) is 10.4. The normalized spacial score (nSPS) is 16.1. The van der Waals surface area contributed by atoms with Crippen LogP contribution in [-0.2, 0) is 6.54 Å².